The van der Waals surface area contributed by atoms with E-state index in [-0.39, 0.29) is 5.91 Å². The van der Waals surface area contributed by atoms with Crippen LogP contribution in [0.5, 0.6) is 0 Å². The Hall–Kier alpha value is -1.78. The number of nitrogens with one attached hydrogen (secondary N) is 1. The van der Waals surface area contributed by atoms with Gasteiger partial charge in [0, 0.05) is 28.9 Å². The van der Waals surface area contributed by atoms with Crippen LogP contribution in [-0.2, 0) is 11.3 Å². The van der Waals surface area contributed by atoms with Crippen LogP contribution < -0.4 is 11.1 Å². The maximum Gasteiger partial charge on any atom is 0.221 e. The van der Waals surface area contributed by atoms with Gasteiger partial charge >= 0.3 is 0 Å². The molecule has 4 heteroatoms. The maximum atomic E-state index is 11.0. The number of rotatable bonds is 4. The molecular formula is C16H18N2OS. The molecule has 0 heterocycles. The normalized spacial score (nSPS) is 10.3. The molecule has 104 valence electrons. The number of aryl methyl sites for hydroxylation is 1. The van der Waals surface area contributed by atoms with Crippen LogP contribution in [0, 0.1) is 6.92 Å². The minimum Gasteiger partial charge on any atom is -0.326 e. The van der Waals surface area contributed by atoms with Crippen LogP contribution in [0.2, 0.25) is 0 Å². The summed E-state index contributed by atoms with van der Waals surface area (Å²) in [6.07, 6.45) is 0. The van der Waals surface area contributed by atoms with E-state index in [0.717, 1.165) is 16.1 Å². The summed E-state index contributed by atoms with van der Waals surface area (Å²) < 4.78 is 0. The predicted octanol–water partition coefficient (Wildman–Crippen LogP) is 3.56. The minimum atomic E-state index is -0.0608. The second-order valence-electron chi connectivity index (χ2n) is 4.62. The van der Waals surface area contributed by atoms with Crippen LogP contribution >= 0.6 is 11.8 Å². The zero-order valence-corrected chi connectivity index (χ0v) is 12.5. The van der Waals surface area contributed by atoms with Gasteiger partial charge in [0.1, 0.15) is 0 Å². The van der Waals surface area contributed by atoms with Crippen LogP contribution in [0.1, 0.15) is 18.1 Å². The number of nitrogens with two attached hydrogens (primary N) is 1. The molecule has 3 nitrogen and oxygen atoms in total. The molecule has 0 spiro atoms. The van der Waals surface area contributed by atoms with Gasteiger partial charge in [0.05, 0.1) is 0 Å². The lowest BCUT2D eigenvalue weighted by Crippen LogP contribution is -2.05. The number of carbonyl (C=O) groups is 1. The van der Waals surface area contributed by atoms with Crippen molar-refractivity contribution in [3.05, 3.63) is 53.6 Å². The minimum absolute atomic E-state index is 0.0608. The zero-order chi connectivity index (χ0) is 14.5. The number of benzene rings is 2. The van der Waals surface area contributed by atoms with Crippen LogP contribution in [0.4, 0.5) is 5.69 Å². The van der Waals surface area contributed by atoms with Gasteiger partial charge in [-0.3, -0.25) is 4.79 Å². The van der Waals surface area contributed by atoms with Gasteiger partial charge in [-0.05, 0) is 42.8 Å². The first-order chi connectivity index (χ1) is 9.58. The average Bonchev–Trinajstić information content (AvgIpc) is 2.42. The Morgan fingerprint density at radius 1 is 1.20 bits per heavy atom. The van der Waals surface area contributed by atoms with Gasteiger partial charge in [0.2, 0.25) is 5.91 Å². The third kappa shape index (κ3) is 3.85. The number of hydrogen-bond donors (Lipinski definition) is 2. The fourth-order valence-electron chi connectivity index (χ4n) is 1.90. The summed E-state index contributed by atoms with van der Waals surface area (Å²) in [6.45, 7) is 4.10. The number of hydrogen-bond acceptors (Lipinski definition) is 3. The smallest absolute Gasteiger partial charge is 0.221 e. The van der Waals surface area contributed by atoms with E-state index < -0.39 is 0 Å². The van der Waals surface area contributed by atoms with Crippen molar-refractivity contribution in [1.29, 1.82) is 0 Å². The van der Waals surface area contributed by atoms with E-state index in [1.165, 1.54) is 17.4 Å². The summed E-state index contributed by atoms with van der Waals surface area (Å²) >= 11 is 1.68. The summed E-state index contributed by atoms with van der Waals surface area (Å²) in [7, 11) is 0. The van der Waals surface area contributed by atoms with Crippen molar-refractivity contribution in [3.8, 4) is 0 Å². The molecule has 3 N–H and O–H groups in total. The second kappa shape index (κ2) is 6.59. The molecular weight excluding hydrogens is 268 g/mol. The summed E-state index contributed by atoms with van der Waals surface area (Å²) in [5.74, 6) is -0.0608. The first-order valence-corrected chi connectivity index (χ1v) is 7.25. The molecule has 0 aromatic heterocycles. The molecule has 0 aliphatic carbocycles. The molecule has 0 aliphatic rings. The van der Waals surface area contributed by atoms with Gasteiger partial charge in [-0.1, -0.05) is 29.5 Å². The lowest BCUT2D eigenvalue weighted by molar-refractivity contribution is -0.114. The molecule has 0 atom stereocenters. The van der Waals surface area contributed by atoms with Gasteiger partial charge < -0.3 is 11.1 Å². The Kier molecular flexibility index (Phi) is 4.82. The molecule has 0 unspecified atom stereocenters. The fraction of sp³-hybridized carbons (Fsp3) is 0.188. The Labute approximate surface area is 123 Å². The maximum absolute atomic E-state index is 11.0. The van der Waals surface area contributed by atoms with E-state index in [2.05, 4.69) is 30.4 Å². The van der Waals surface area contributed by atoms with E-state index in [1.807, 2.05) is 24.3 Å². The molecule has 2 rings (SSSR count). The van der Waals surface area contributed by atoms with Crippen LogP contribution in [0.15, 0.2) is 52.3 Å². The lowest BCUT2D eigenvalue weighted by Gasteiger charge is -2.09. The standard InChI is InChI=1S/C16H18N2OS/c1-11-3-8-16(13(9-11)10-17)20-15-6-4-14(5-7-15)18-12(2)19/h3-9H,10,17H2,1-2H3,(H,18,19). The number of amides is 1. The molecule has 2 aromatic rings. The van der Waals surface area contributed by atoms with E-state index in [9.17, 15) is 4.79 Å². The lowest BCUT2D eigenvalue weighted by atomic mass is 10.1. The molecule has 2 aromatic carbocycles. The molecule has 0 saturated carbocycles. The summed E-state index contributed by atoms with van der Waals surface area (Å²) in [4.78, 5) is 13.3. The number of carbonyl (C=O) groups excluding carboxylic acids is 1. The predicted molar refractivity (Wildman–Crippen MR) is 83.9 cm³/mol. The Morgan fingerprint density at radius 3 is 2.50 bits per heavy atom. The van der Waals surface area contributed by atoms with Gasteiger partial charge in [0.25, 0.3) is 0 Å². The van der Waals surface area contributed by atoms with E-state index in [0.29, 0.717) is 6.54 Å². The number of anilines is 1. The van der Waals surface area contributed by atoms with Crippen molar-refractivity contribution in [1.82, 2.24) is 0 Å². The average molecular weight is 286 g/mol. The third-order valence-corrected chi connectivity index (χ3v) is 3.96. The van der Waals surface area contributed by atoms with Gasteiger partial charge in [-0.25, -0.2) is 0 Å². The Bertz CT molecular complexity index is 608. The highest BCUT2D eigenvalue weighted by Gasteiger charge is 2.04. The topological polar surface area (TPSA) is 55.1 Å². The molecule has 0 radical (unpaired) electrons. The molecule has 0 bridgehead atoms. The first-order valence-electron chi connectivity index (χ1n) is 6.43. The summed E-state index contributed by atoms with van der Waals surface area (Å²) in [5, 5.41) is 2.76. The SMILES string of the molecule is CC(=O)Nc1ccc(Sc2ccc(C)cc2CN)cc1. The highest BCUT2D eigenvalue weighted by molar-refractivity contribution is 7.99. The third-order valence-electron chi connectivity index (χ3n) is 2.84. The Morgan fingerprint density at radius 2 is 1.90 bits per heavy atom. The Balaban J connectivity index is 2.16. The molecule has 0 saturated heterocycles. The van der Waals surface area contributed by atoms with Crippen LogP contribution in [0.25, 0.3) is 0 Å². The summed E-state index contributed by atoms with van der Waals surface area (Å²) in [5.41, 5.74) is 8.97. The summed E-state index contributed by atoms with van der Waals surface area (Å²) in [6, 6.07) is 14.1. The van der Waals surface area contributed by atoms with Gasteiger partial charge in [0.15, 0.2) is 0 Å². The fourth-order valence-corrected chi connectivity index (χ4v) is 2.84. The molecule has 1 amide bonds. The van der Waals surface area contributed by atoms with Crippen molar-refractivity contribution < 1.29 is 4.79 Å². The van der Waals surface area contributed by atoms with E-state index in [4.69, 9.17) is 5.73 Å². The first kappa shape index (κ1) is 14.6. The van der Waals surface area contributed by atoms with Crippen molar-refractivity contribution >= 4 is 23.4 Å². The quantitative estimate of drug-likeness (QED) is 0.903. The highest BCUT2D eigenvalue weighted by Crippen LogP contribution is 2.31. The highest BCUT2D eigenvalue weighted by atomic mass is 32.2. The molecule has 20 heavy (non-hydrogen) atoms. The van der Waals surface area contributed by atoms with Gasteiger partial charge in [-0.2, -0.15) is 0 Å². The molecule has 0 fully saturated rings. The van der Waals surface area contributed by atoms with Gasteiger partial charge in [-0.15, -0.1) is 0 Å². The van der Waals surface area contributed by atoms with Crippen molar-refractivity contribution in [2.75, 3.05) is 5.32 Å². The molecule has 0 aliphatic heterocycles. The van der Waals surface area contributed by atoms with Crippen molar-refractivity contribution in [2.24, 2.45) is 5.73 Å². The van der Waals surface area contributed by atoms with Crippen LogP contribution in [-0.4, -0.2) is 5.91 Å². The van der Waals surface area contributed by atoms with E-state index >= 15 is 0 Å². The largest absolute Gasteiger partial charge is 0.326 e. The second-order valence-corrected chi connectivity index (χ2v) is 5.74. The monoisotopic (exact) mass is 286 g/mol. The van der Waals surface area contributed by atoms with Crippen molar-refractivity contribution in [3.63, 3.8) is 0 Å². The van der Waals surface area contributed by atoms with E-state index in [1.54, 1.807) is 11.8 Å². The van der Waals surface area contributed by atoms with Crippen molar-refractivity contribution in [2.45, 2.75) is 30.2 Å². The van der Waals surface area contributed by atoms with Crippen LogP contribution in [0.3, 0.4) is 0 Å². The zero-order valence-electron chi connectivity index (χ0n) is 11.6.